The number of hydrogen-bond acceptors (Lipinski definition) is 2. The van der Waals surface area contributed by atoms with Crippen LogP contribution in [-0.2, 0) is 4.79 Å². The highest BCUT2D eigenvalue weighted by Crippen LogP contribution is 2.27. The van der Waals surface area contributed by atoms with Gasteiger partial charge in [-0.1, -0.05) is 17.7 Å². The summed E-state index contributed by atoms with van der Waals surface area (Å²) >= 11 is 5.63. The standard InChI is InChI=1S/C10H9ClF3NO2/c11-6-2-1-3-7(4-6)15-5-8(9(16)17)10(12,13)14/h1-4,8,15H,5H2,(H,16,17). The molecular weight excluding hydrogens is 259 g/mol. The molecule has 0 aliphatic heterocycles. The molecule has 17 heavy (non-hydrogen) atoms. The summed E-state index contributed by atoms with van der Waals surface area (Å²) in [6.07, 6.45) is -4.78. The second kappa shape index (κ2) is 5.27. The van der Waals surface area contributed by atoms with Gasteiger partial charge in [0.25, 0.3) is 0 Å². The number of carbonyl (C=O) groups is 1. The van der Waals surface area contributed by atoms with E-state index in [0.29, 0.717) is 10.7 Å². The maximum atomic E-state index is 12.3. The Morgan fingerprint density at radius 2 is 2.12 bits per heavy atom. The first-order valence-electron chi connectivity index (χ1n) is 4.59. The third-order valence-corrected chi connectivity index (χ3v) is 2.26. The number of halogens is 4. The molecule has 0 aromatic heterocycles. The van der Waals surface area contributed by atoms with E-state index in [4.69, 9.17) is 16.7 Å². The molecule has 0 saturated heterocycles. The summed E-state index contributed by atoms with van der Waals surface area (Å²) in [6, 6.07) is 6.03. The van der Waals surface area contributed by atoms with Crippen molar-refractivity contribution < 1.29 is 23.1 Å². The highest BCUT2D eigenvalue weighted by Gasteiger charge is 2.44. The van der Waals surface area contributed by atoms with Gasteiger partial charge in [-0.25, -0.2) is 0 Å². The summed E-state index contributed by atoms with van der Waals surface area (Å²) in [4.78, 5) is 10.4. The van der Waals surface area contributed by atoms with Crippen LogP contribution >= 0.6 is 11.6 Å². The largest absolute Gasteiger partial charge is 0.481 e. The zero-order valence-electron chi connectivity index (χ0n) is 8.46. The van der Waals surface area contributed by atoms with Crippen LogP contribution in [0.1, 0.15) is 0 Å². The molecule has 2 N–H and O–H groups in total. The van der Waals surface area contributed by atoms with Gasteiger partial charge < -0.3 is 10.4 Å². The Balaban J connectivity index is 2.68. The van der Waals surface area contributed by atoms with E-state index in [2.05, 4.69) is 5.32 Å². The average molecular weight is 268 g/mol. The van der Waals surface area contributed by atoms with Crippen LogP contribution in [-0.4, -0.2) is 23.8 Å². The predicted octanol–water partition coefficient (Wildman–Crippen LogP) is 3.02. The minimum absolute atomic E-state index is 0.341. The Labute approximate surface area is 100 Å². The van der Waals surface area contributed by atoms with Gasteiger partial charge in [0.2, 0.25) is 0 Å². The molecule has 0 heterocycles. The van der Waals surface area contributed by atoms with Crippen molar-refractivity contribution in [3.63, 3.8) is 0 Å². The monoisotopic (exact) mass is 267 g/mol. The Morgan fingerprint density at radius 1 is 1.47 bits per heavy atom. The smallest absolute Gasteiger partial charge is 0.403 e. The summed E-state index contributed by atoms with van der Waals surface area (Å²) in [6.45, 7) is -0.737. The minimum Gasteiger partial charge on any atom is -0.481 e. The van der Waals surface area contributed by atoms with Crippen molar-refractivity contribution in [2.45, 2.75) is 6.18 Å². The van der Waals surface area contributed by atoms with Crippen molar-refractivity contribution in [1.29, 1.82) is 0 Å². The molecule has 1 atom stereocenters. The fraction of sp³-hybridized carbons (Fsp3) is 0.300. The lowest BCUT2D eigenvalue weighted by Crippen LogP contribution is -2.36. The molecule has 0 saturated carbocycles. The van der Waals surface area contributed by atoms with Gasteiger partial charge in [-0.3, -0.25) is 4.79 Å². The molecule has 3 nitrogen and oxygen atoms in total. The van der Waals surface area contributed by atoms with Crippen LogP contribution < -0.4 is 5.32 Å². The zero-order chi connectivity index (χ0) is 13.1. The number of aliphatic carboxylic acids is 1. The molecule has 7 heteroatoms. The Morgan fingerprint density at radius 3 is 2.59 bits per heavy atom. The van der Waals surface area contributed by atoms with Crippen LogP contribution in [0.3, 0.4) is 0 Å². The second-order valence-corrected chi connectivity index (χ2v) is 3.76. The normalized spacial score (nSPS) is 13.2. The number of carboxylic acids is 1. The SMILES string of the molecule is O=C(O)C(CNc1cccc(Cl)c1)C(F)(F)F. The molecule has 1 aromatic carbocycles. The highest BCUT2D eigenvalue weighted by atomic mass is 35.5. The second-order valence-electron chi connectivity index (χ2n) is 3.32. The van der Waals surface area contributed by atoms with Crippen molar-refractivity contribution >= 4 is 23.3 Å². The number of rotatable bonds is 4. The number of alkyl halides is 3. The summed E-state index contributed by atoms with van der Waals surface area (Å²) in [5.74, 6) is -4.35. The molecule has 1 unspecified atom stereocenters. The van der Waals surface area contributed by atoms with Crippen molar-refractivity contribution in [2.75, 3.05) is 11.9 Å². The predicted molar refractivity (Wildman–Crippen MR) is 57.1 cm³/mol. The molecule has 0 fully saturated rings. The molecule has 0 aliphatic rings. The third kappa shape index (κ3) is 4.14. The van der Waals surface area contributed by atoms with E-state index in [9.17, 15) is 18.0 Å². The van der Waals surface area contributed by atoms with Gasteiger partial charge in [0, 0.05) is 17.3 Å². The quantitative estimate of drug-likeness (QED) is 0.882. The van der Waals surface area contributed by atoms with Gasteiger partial charge in [-0.15, -0.1) is 0 Å². The lowest BCUT2D eigenvalue weighted by Gasteiger charge is -2.17. The molecule has 0 spiro atoms. The minimum atomic E-state index is -4.78. The Bertz CT molecular complexity index is 409. The number of carboxylic acid groups (broad SMARTS) is 1. The van der Waals surface area contributed by atoms with E-state index in [1.165, 1.54) is 12.1 Å². The first-order valence-corrected chi connectivity index (χ1v) is 4.97. The molecule has 0 bridgehead atoms. The molecular formula is C10H9ClF3NO2. The number of hydrogen-bond donors (Lipinski definition) is 2. The summed E-state index contributed by atoms with van der Waals surface area (Å²) in [7, 11) is 0. The average Bonchev–Trinajstić information content (AvgIpc) is 2.15. The maximum Gasteiger partial charge on any atom is 0.403 e. The summed E-state index contributed by atoms with van der Waals surface area (Å²) in [5, 5.41) is 11.2. The van der Waals surface area contributed by atoms with Gasteiger partial charge in [0.1, 0.15) is 0 Å². The fourth-order valence-electron chi connectivity index (χ4n) is 1.16. The van der Waals surface area contributed by atoms with Gasteiger partial charge >= 0.3 is 12.1 Å². The van der Waals surface area contributed by atoms with Crippen LogP contribution in [0.4, 0.5) is 18.9 Å². The van der Waals surface area contributed by atoms with Crippen molar-refractivity contribution in [3.05, 3.63) is 29.3 Å². The molecule has 94 valence electrons. The number of anilines is 1. The molecule has 0 aliphatic carbocycles. The van der Waals surface area contributed by atoms with Crippen LogP contribution in [0.15, 0.2) is 24.3 Å². The van der Waals surface area contributed by atoms with E-state index >= 15 is 0 Å². The van der Waals surface area contributed by atoms with Crippen molar-refractivity contribution in [1.82, 2.24) is 0 Å². The lowest BCUT2D eigenvalue weighted by atomic mass is 10.1. The van der Waals surface area contributed by atoms with E-state index in [0.717, 1.165) is 0 Å². The van der Waals surface area contributed by atoms with Gasteiger partial charge in [0.15, 0.2) is 5.92 Å². The Hall–Kier alpha value is -1.43. The third-order valence-electron chi connectivity index (χ3n) is 2.03. The molecule has 0 radical (unpaired) electrons. The van der Waals surface area contributed by atoms with Crippen molar-refractivity contribution in [2.24, 2.45) is 5.92 Å². The van der Waals surface area contributed by atoms with Crippen LogP contribution in [0.2, 0.25) is 5.02 Å². The first-order chi connectivity index (χ1) is 7.80. The van der Waals surface area contributed by atoms with E-state index in [-0.39, 0.29) is 0 Å². The fourth-order valence-corrected chi connectivity index (χ4v) is 1.35. The highest BCUT2D eigenvalue weighted by molar-refractivity contribution is 6.30. The van der Waals surface area contributed by atoms with E-state index < -0.39 is 24.6 Å². The lowest BCUT2D eigenvalue weighted by molar-refractivity contribution is -0.190. The Kier molecular flexibility index (Phi) is 4.22. The van der Waals surface area contributed by atoms with Gasteiger partial charge in [-0.05, 0) is 18.2 Å². The van der Waals surface area contributed by atoms with E-state index in [1.807, 2.05) is 0 Å². The number of benzene rings is 1. The number of nitrogens with one attached hydrogen (secondary N) is 1. The van der Waals surface area contributed by atoms with Gasteiger partial charge in [-0.2, -0.15) is 13.2 Å². The molecule has 0 amide bonds. The zero-order valence-corrected chi connectivity index (χ0v) is 9.22. The van der Waals surface area contributed by atoms with Crippen LogP contribution in [0.5, 0.6) is 0 Å². The van der Waals surface area contributed by atoms with Crippen molar-refractivity contribution in [3.8, 4) is 0 Å². The van der Waals surface area contributed by atoms with Crippen LogP contribution in [0, 0.1) is 5.92 Å². The maximum absolute atomic E-state index is 12.3. The molecule has 1 rings (SSSR count). The van der Waals surface area contributed by atoms with E-state index in [1.54, 1.807) is 12.1 Å². The first kappa shape index (κ1) is 13.6. The topological polar surface area (TPSA) is 49.3 Å². The van der Waals surface area contributed by atoms with Gasteiger partial charge in [0.05, 0.1) is 0 Å². The summed E-state index contributed by atoms with van der Waals surface area (Å²) in [5.41, 5.74) is 0.341. The van der Waals surface area contributed by atoms with Crippen LogP contribution in [0.25, 0.3) is 0 Å². The summed E-state index contributed by atoms with van der Waals surface area (Å²) < 4.78 is 36.9. The molecule has 1 aromatic rings.